The van der Waals surface area contributed by atoms with E-state index in [0.29, 0.717) is 17.5 Å². The summed E-state index contributed by atoms with van der Waals surface area (Å²) in [6, 6.07) is 11.5. The average Bonchev–Trinajstić information content (AvgIpc) is 2.62. The van der Waals surface area contributed by atoms with E-state index in [1.165, 1.54) is 12.8 Å². The molecule has 1 N–H and O–H groups in total. The van der Waals surface area contributed by atoms with Gasteiger partial charge in [0.1, 0.15) is 0 Å². The molecule has 0 aliphatic carbocycles. The SMILES string of the molecule is CC1CCCN(c2ccc(C(=O)Nc3ccccc3C(C)C)nn2)C1. The van der Waals surface area contributed by atoms with Crippen LogP contribution in [0, 0.1) is 5.92 Å². The highest BCUT2D eigenvalue weighted by Gasteiger charge is 2.19. The van der Waals surface area contributed by atoms with Crippen molar-refractivity contribution in [2.24, 2.45) is 5.92 Å². The van der Waals surface area contributed by atoms with Crippen molar-refractivity contribution in [1.82, 2.24) is 10.2 Å². The maximum atomic E-state index is 12.5. The standard InChI is InChI=1S/C20H26N4O/c1-14(2)16-8-4-5-9-17(16)21-20(25)18-10-11-19(23-22-18)24-12-6-7-15(3)13-24/h4-5,8-11,14-15H,6-7,12-13H2,1-3H3,(H,21,25). The first-order chi connectivity index (χ1) is 12.0. The van der Waals surface area contributed by atoms with Crippen molar-refractivity contribution in [3.05, 3.63) is 47.7 Å². The Morgan fingerprint density at radius 1 is 1.20 bits per heavy atom. The third kappa shape index (κ3) is 4.16. The summed E-state index contributed by atoms with van der Waals surface area (Å²) in [5.41, 5.74) is 2.29. The summed E-state index contributed by atoms with van der Waals surface area (Å²) in [6.07, 6.45) is 2.44. The highest BCUT2D eigenvalue weighted by molar-refractivity contribution is 6.03. The molecule has 2 aromatic rings. The van der Waals surface area contributed by atoms with Gasteiger partial charge in [-0.05, 0) is 48.4 Å². The summed E-state index contributed by atoms with van der Waals surface area (Å²) < 4.78 is 0. The van der Waals surface area contributed by atoms with E-state index in [1.54, 1.807) is 6.07 Å². The van der Waals surface area contributed by atoms with Crippen LogP contribution in [0.1, 0.15) is 55.6 Å². The minimum Gasteiger partial charge on any atom is -0.355 e. The van der Waals surface area contributed by atoms with Crippen LogP contribution in [-0.2, 0) is 0 Å². The molecular formula is C20H26N4O. The Balaban J connectivity index is 1.71. The lowest BCUT2D eigenvalue weighted by atomic mass is 10.0. The lowest BCUT2D eigenvalue weighted by molar-refractivity contribution is 0.102. The smallest absolute Gasteiger partial charge is 0.276 e. The number of para-hydroxylation sites is 1. The molecular weight excluding hydrogens is 312 g/mol. The monoisotopic (exact) mass is 338 g/mol. The van der Waals surface area contributed by atoms with E-state index in [2.05, 4.69) is 41.2 Å². The largest absolute Gasteiger partial charge is 0.355 e. The Hall–Kier alpha value is -2.43. The van der Waals surface area contributed by atoms with Crippen LogP contribution in [0.25, 0.3) is 0 Å². The maximum Gasteiger partial charge on any atom is 0.276 e. The van der Waals surface area contributed by atoms with Gasteiger partial charge in [-0.2, -0.15) is 0 Å². The second-order valence-electron chi connectivity index (χ2n) is 7.17. The lowest BCUT2D eigenvalue weighted by Crippen LogP contribution is -2.35. The third-order valence-corrected chi connectivity index (χ3v) is 4.70. The summed E-state index contributed by atoms with van der Waals surface area (Å²) in [5.74, 6) is 1.64. The number of carbonyl (C=O) groups is 1. The van der Waals surface area contributed by atoms with Gasteiger partial charge >= 0.3 is 0 Å². The van der Waals surface area contributed by atoms with Crippen LogP contribution in [0.5, 0.6) is 0 Å². The molecule has 1 unspecified atom stereocenters. The highest BCUT2D eigenvalue weighted by atomic mass is 16.1. The zero-order valence-electron chi connectivity index (χ0n) is 15.2. The predicted molar refractivity (Wildman–Crippen MR) is 101 cm³/mol. The Morgan fingerprint density at radius 2 is 2.00 bits per heavy atom. The number of anilines is 2. The van der Waals surface area contributed by atoms with Gasteiger partial charge in [0.05, 0.1) is 0 Å². The Morgan fingerprint density at radius 3 is 2.68 bits per heavy atom. The first-order valence-corrected chi connectivity index (χ1v) is 9.03. The van der Waals surface area contributed by atoms with Gasteiger partial charge in [0, 0.05) is 18.8 Å². The van der Waals surface area contributed by atoms with Crippen molar-refractivity contribution in [1.29, 1.82) is 0 Å². The molecule has 1 amide bonds. The second kappa shape index (κ2) is 7.64. The molecule has 2 heterocycles. The van der Waals surface area contributed by atoms with Crippen LogP contribution in [0.15, 0.2) is 36.4 Å². The molecule has 0 saturated carbocycles. The molecule has 5 heteroatoms. The zero-order chi connectivity index (χ0) is 17.8. The summed E-state index contributed by atoms with van der Waals surface area (Å²) >= 11 is 0. The molecule has 0 bridgehead atoms. The van der Waals surface area contributed by atoms with Gasteiger partial charge in [0.25, 0.3) is 5.91 Å². The second-order valence-corrected chi connectivity index (χ2v) is 7.17. The van der Waals surface area contributed by atoms with Crippen LogP contribution in [0.3, 0.4) is 0 Å². The van der Waals surface area contributed by atoms with Gasteiger partial charge in [0.15, 0.2) is 11.5 Å². The number of hydrogen-bond donors (Lipinski definition) is 1. The number of hydrogen-bond acceptors (Lipinski definition) is 4. The minimum absolute atomic E-state index is 0.223. The zero-order valence-corrected chi connectivity index (χ0v) is 15.2. The van der Waals surface area contributed by atoms with Crippen LogP contribution in [0.4, 0.5) is 11.5 Å². The Kier molecular flexibility index (Phi) is 5.31. The van der Waals surface area contributed by atoms with Gasteiger partial charge in [-0.25, -0.2) is 0 Å². The van der Waals surface area contributed by atoms with Gasteiger partial charge in [-0.3, -0.25) is 4.79 Å². The summed E-state index contributed by atoms with van der Waals surface area (Å²) in [5, 5.41) is 11.4. The molecule has 5 nitrogen and oxygen atoms in total. The molecule has 3 rings (SSSR count). The van der Waals surface area contributed by atoms with Crippen molar-refractivity contribution in [3.8, 4) is 0 Å². The van der Waals surface area contributed by atoms with Crippen molar-refractivity contribution in [2.45, 2.75) is 39.5 Å². The number of benzene rings is 1. The molecule has 1 aromatic heterocycles. The van der Waals surface area contributed by atoms with Crippen LogP contribution in [0.2, 0.25) is 0 Å². The molecule has 0 spiro atoms. The number of amides is 1. The van der Waals surface area contributed by atoms with E-state index in [0.717, 1.165) is 30.2 Å². The molecule has 1 atom stereocenters. The van der Waals surface area contributed by atoms with Crippen molar-refractivity contribution in [2.75, 3.05) is 23.3 Å². The summed E-state index contributed by atoms with van der Waals surface area (Å²) in [7, 11) is 0. The number of aromatic nitrogens is 2. The van der Waals surface area contributed by atoms with Gasteiger partial charge in [-0.15, -0.1) is 10.2 Å². The van der Waals surface area contributed by atoms with Gasteiger partial charge in [0.2, 0.25) is 0 Å². The Labute approximate surface area is 149 Å². The van der Waals surface area contributed by atoms with Gasteiger partial charge in [-0.1, -0.05) is 39.0 Å². The average molecular weight is 338 g/mol. The molecule has 1 aromatic carbocycles. The number of nitrogens with zero attached hydrogens (tertiary/aromatic N) is 3. The molecule has 0 radical (unpaired) electrons. The number of piperidine rings is 1. The molecule has 132 valence electrons. The molecule has 1 fully saturated rings. The van der Waals surface area contributed by atoms with E-state index in [-0.39, 0.29) is 5.91 Å². The van der Waals surface area contributed by atoms with Crippen molar-refractivity contribution in [3.63, 3.8) is 0 Å². The quantitative estimate of drug-likeness (QED) is 0.912. The molecule has 1 aliphatic heterocycles. The van der Waals surface area contributed by atoms with Crippen molar-refractivity contribution < 1.29 is 4.79 Å². The van der Waals surface area contributed by atoms with E-state index in [1.807, 2.05) is 30.3 Å². The fraction of sp³-hybridized carbons (Fsp3) is 0.450. The maximum absolute atomic E-state index is 12.5. The predicted octanol–water partition coefficient (Wildman–Crippen LogP) is 4.09. The Bertz CT molecular complexity index is 727. The molecule has 25 heavy (non-hydrogen) atoms. The lowest BCUT2D eigenvalue weighted by Gasteiger charge is -2.31. The first kappa shape index (κ1) is 17.4. The third-order valence-electron chi connectivity index (χ3n) is 4.70. The van der Waals surface area contributed by atoms with E-state index in [9.17, 15) is 4.79 Å². The van der Waals surface area contributed by atoms with E-state index in [4.69, 9.17) is 0 Å². The van der Waals surface area contributed by atoms with Crippen LogP contribution < -0.4 is 10.2 Å². The van der Waals surface area contributed by atoms with E-state index < -0.39 is 0 Å². The van der Waals surface area contributed by atoms with Crippen LogP contribution >= 0.6 is 0 Å². The number of rotatable bonds is 4. The van der Waals surface area contributed by atoms with E-state index >= 15 is 0 Å². The molecule has 1 aliphatic rings. The normalized spacial score (nSPS) is 17.6. The molecule has 1 saturated heterocycles. The minimum atomic E-state index is -0.223. The topological polar surface area (TPSA) is 58.1 Å². The number of carbonyl (C=O) groups excluding carboxylic acids is 1. The summed E-state index contributed by atoms with van der Waals surface area (Å²) in [6.45, 7) is 8.49. The first-order valence-electron chi connectivity index (χ1n) is 9.03. The van der Waals surface area contributed by atoms with Crippen LogP contribution in [-0.4, -0.2) is 29.2 Å². The van der Waals surface area contributed by atoms with Gasteiger partial charge < -0.3 is 10.2 Å². The summed E-state index contributed by atoms with van der Waals surface area (Å²) in [4.78, 5) is 14.7. The fourth-order valence-electron chi connectivity index (χ4n) is 3.31. The fourth-order valence-corrected chi connectivity index (χ4v) is 3.31. The van der Waals surface area contributed by atoms with Crippen molar-refractivity contribution >= 4 is 17.4 Å². The highest BCUT2D eigenvalue weighted by Crippen LogP contribution is 2.24. The number of nitrogens with one attached hydrogen (secondary N) is 1.